The Hall–Kier alpha value is -3.77. The number of hydrogen-bond donors (Lipinski definition) is 0. The number of benzene rings is 3. The number of carbonyl (C=O) groups excluding carboxylic acids is 1. The molecule has 0 amide bonds. The molecule has 6 rings (SSSR count). The van der Waals surface area contributed by atoms with E-state index in [1.807, 2.05) is 36.4 Å². The molecular weight excluding hydrogens is 430 g/mol. The van der Waals surface area contributed by atoms with Gasteiger partial charge in [0.05, 0.1) is 7.11 Å². The molecule has 3 aliphatic heterocycles. The Balaban J connectivity index is 1.30. The van der Waals surface area contributed by atoms with E-state index in [2.05, 4.69) is 23.1 Å². The minimum atomic E-state index is -0.422. The zero-order chi connectivity index (χ0) is 23.1. The molecule has 0 aliphatic carbocycles. The van der Waals surface area contributed by atoms with Gasteiger partial charge >= 0.3 is 5.97 Å². The summed E-state index contributed by atoms with van der Waals surface area (Å²) in [6.45, 7) is 1.90. The highest BCUT2D eigenvalue weighted by atomic mass is 16.7. The van der Waals surface area contributed by atoms with Crippen LogP contribution in [0.3, 0.4) is 0 Å². The van der Waals surface area contributed by atoms with E-state index >= 15 is 0 Å². The highest BCUT2D eigenvalue weighted by molar-refractivity contribution is 5.89. The number of nitrogens with zero attached hydrogens (tertiary/aromatic N) is 1. The van der Waals surface area contributed by atoms with E-state index < -0.39 is 5.97 Å². The van der Waals surface area contributed by atoms with Crippen LogP contribution in [0.2, 0.25) is 0 Å². The third-order valence-electron chi connectivity index (χ3n) is 6.83. The highest BCUT2D eigenvalue weighted by Crippen LogP contribution is 2.46. The van der Waals surface area contributed by atoms with Crippen LogP contribution in [0, 0.1) is 0 Å². The van der Waals surface area contributed by atoms with E-state index in [1.54, 1.807) is 13.2 Å². The van der Waals surface area contributed by atoms with Crippen molar-refractivity contribution < 1.29 is 23.7 Å². The molecule has 3 heterocycles. The van der Waals surface area contributed by atoms with Crippen molar-refractivity contribution in [2.24, 2.45) is 0 Å². The lowest BCUT2D eigenvalue weighted by molar-refractivity contribution is -0.129. The molecule has 34 heavy (non-hydrogen) atoms. The van der Waals surface area contributed by atoms with Gasteiger partial charge in [-0.2, -0.15) is 0 Å². The van der Waals surface area contributed by atoms with Crippen LogP contribution < -0.4 is 18.9 Å². The Labute approximate surface area is 198 Å². The van der Waals surface area contributed by atoms with E-state index in [4.69, 9.17) is 18.9 Å². The van der Waals surface area contributed by atoms with Gasteiger partial charge in [-0.25, -0.2) is 4.79 Å². The highest BCUT2D eigenvalue weighted by Gasteiger charge is 2.36. The van der Waals surface area contributed by atoms with Crippen LogP contribution in [0.25, 0.3) is 6.08 Å². The van der Waals surface area contributed by atoms with Crippen LogP contribution in [0.15, 0.2) is 60.7 Å². The summed E-state index contributed by atoms with van der Waals surface area (Å²) in [5.74, 6) is 2.32. The summed E-state index contributed by atoms with van der Waals surface area (Å²) in [4.78, 5) is 15.1. The molecule has 3 aromatic carbocycles. The van der Waals surface area contributed by atoms with E-state index in [-0.39, 0.29) is 12.8 Å². The van der Waals surface area contributed by atoms with Crippen molar-refractivity contribution in [2.75, 3.05) is 20.4 Å². The molecule has 3 aromatic rings. The van der Waals surface area contributed by atoms with Gasteiger partial charge in [0.2, 0.25) is 6.79 Å². The van der Waals surface area contributed by atoms with Crippen molar-refractivity contribution in [2.45, 2.75) is 25.4 Å². The lowest BCUT2D eigenvalue weighted by Crippen LogP contribution is -2.39. The van der Waals surface area contributed by atoms with Gasteiger partial charge in [-0.3, -0.25) is 4.90 Å². The number of carbonyl (C=O) groups is 1. The fourth-order valence-corrected chi connectivity index (χ4v) is 5.13. The summed E-state index contributed by atoms with van der Waals surface area (Å²) in [6, 6.07) is 18.2. The minimum Gasteiger partial charge on any atom is -0.493 e. The first-order valence-corrected chi connectivity index (χ1v) is 11.5. The molecule has 0 N–H and O–H groups in total. The summed E-state index contributed by atoms with van der Waals surface area (Å²) in [7, 11) is 1.60. The second-order valence-electron chi connectivity index (χ2n) is 8.74. The largest absolute Gasteiger partial charge is 0.493 e. The fraction of sp³-hybridized carbons (Fsp3) is 0.250. The van der Waals surface area contributed by atoms with Crippen LogP contribution in [0.5, 0.6) is 23.0 Å². The van der Waals surface area contributed by atoms with Crippen LogP contribution in [0.4, 0.5) is 0 Å². The van der Waals surface area contributed by atoms with Crippen molar-refractivity contribution in [1.82, 2.24) is 4.90 Å². The number of esters is 1. The van der Waals surface area contributed by atoms with E-state index in [1.165, 1.54) is 22.8 Å². The Morgan fingerprint density at radius 3 is 2.71 bits per heavy atom. The molecule has 1 atom stereocenters. The van der Waals surface area contributed by atoms with Gasteiger partial charge in [-0.05, 0) is 59.4 Å². The first kappa shape index (κ1) is 20.8. The van der Waals surface area contributed by atoms with Gasteiger partial charge in [0, 0.05) is 30.8 Å². The minimum absolute atomic E-state index is 0.251. The van der Waals surface area contributed by atoms with E-state index in [0.717, 1.165) is 42.0 Å². The lowest BCUT2D eigenvalue weighted by atomic mass is 9.83. The molecule has 0 spiro atoms. The van der Waals surface area contributed by atoms with Crippen LogP contribution in [-0.4, -0.2) is 31.3 Å². The molecule has 0 aromatic heterocycles. The average Bonchev–Trinajstić information content (AvgIpc) is 3.33. The van der Waals surface area contributed by atoms with Gasteiger partial charge in [-0.15, -0.1) is 0 Å². The van der Waals surface area contributed by atoms with Crippen LogP contribution in [0.1, 0.15) is 33.9 Å². The standard InChI is InChI=1S/C28H25NO5/c1-31-24-9-8-19-13-23-21-15-26-25(32-17-33-26)14-20(21)11-12-29(23)16-22(19)28(24)34-27(30)10-7-18-5-3-2-4-6-18/h2-10,14-15,23H,11-13,16-17H2,1H3/b10-7+. The van der Waals surface area contributed by atoms with Gasteiger partial charge < -0.3 is 18.9 Å². The molecule has 0 saturated carbocycles. The molecule has 6 nitrogen and oxygen atoms in total. The molecule has 3 aliphatic rings. The normalized spacial score (nSPS) is 18.2. The Bertz CT molecular complexity index is 1280. The SMILES string of the molecule is COc1ccc2c(c1OC(=O)/C=C/c1ccccc1)CN1CCc3cc4c(cc3C1C2)OCO4. The Morgan fingerprint density at radius 1 is 1.06 bits per heavy atom. The molecule has 0 saturated heterocycles. The lowest BCUT2D eigenvalue weighted by Gasteiger charge is -2.41. The van der Waals surface area contributed by atoms with Gasteiger partial charge in [0.25, 0.3) is 0 Å². The predicted octanol–water partition coefficient (Wildman–Crippen LogP) is 4.70. The maximum atomic E-state index is 12.7. The van der Waals surface area contributed by atoms with Crippen molar-refractivity contribution >= 4 is 12.0 Å². The predicted molar refractivity (Wildman–Crippen MR) is 127 cm³/mol. The zero-order valence-corrected chi connectivity index (χ0v) is 19.0. The number of ether oxygens (including phenoxy) is 4. The summed E-state index contributed by atoms with van der Waals surface area (Å²) < 4.78 is 22.6. The fourth-order valence-electron chi connectivity index (χ4n) is 5.13. The monoisotopic (exact) mass is 455 g/mol. The zero-order valence-electron chi connectivity index (χ0n) is 19.0. The topological polar surface area (TPSA) is 57.2 Å². The molecule has 0 radical (unpaired) electrons. The first-order valence-electron chi connectivity index (χ1n) is 11.5. The third kappa shape index (κ3) is 3.70. The molecule has 172 valence electrons. The number of fused-ring (bicyclic) bond motifs is 5. The van der Waals surface area contributed by atoms with Gasteiger partial charge in [-0.1, -0.05) is 36.4 Å². The Kier molecular flexibility index (Phi) is 5.23. The van der Waals surface area contributed by atoms with E-state index in [0.29, 0.717) is 18.0 Å². The average molecular weight is 456 g/mol. The second-order valence-corrected chi connectivity index (χ2v) is 8.74. The number of rotatable bonds is 4. The molecule has 1 unspecified atom stereocenters. The number of hydrogen-bond acceptors (Lipinski definition) is 6. The first-order chi connectivity index (χ1) is 16.7. The quantitative estimate of drug-likeness (QED) is 0.323. The smallest absolute Gasteiger partial charge is 0.336 e. The summed E-state index contributed by atoms with van der Waals surface area (Å²) in [5, 5.41) is 0. The van der Waals surface area contributed by atoms with Crippen molar-refractivity contribution in [1.29, 1.82) is 0 Å². The van der Waals surface area contributed by atoms with E-state index in [9.17, 15) is 4.79 Å². The maximum absolute atomic E-state index is 12.7. The molecule has 0 bridgehead atoms. The molecular formula is C28H25NO5. The summed E-state index contributed by atoms with van der Waals surface area (Å²) in [6.07, 6.45) is 4.98. The van der Waals surface area contributed by atoms with Gasteiger partial charge in [0.15, 0.2) is 23.0 Å². The maximum Gasteiger partial charge on any atom is 0.336 e. The molecule has 0 fully saturated rings. The van der Waals surface area contributed by atoms with Gasteiger partial charge in [0.1, 0.15) is 0 Å². The number of methoxy groups -OCH3 is 1. The summed E-state index contributed by atoms with van der Waals surface area (Å²) >= 11 is 0. The van der Waals surface area contributed by atoms with Crippen LogP contribution >= 0.6 is 0 Å². The van der Waals surface area contributed by atoms with Crippen molar-refractivity contribution in [3.63, 3.8) is 0 Å². The Morgan fingerprint density at radius 2 is 1.88 bits per heavy atom. The third-order valence-corrected chi connectivity index (χ3v) is 6.83. The van der Waals surface area contributed by atoms with Crippen LogP contribution in [-0.2, 0) is 24.2 Å². The van der Waals surface area contributed by atoms with Crippen molar-refractivity contribution in [3.05, 3.63) is 88.5 Å². The van der Waals surface area contributed by atoms with Crippen molar-refractivity contribution in [3.8, 4) is 23.0 Å². The summed E-state index contributed by atoms with van der Waals surface area (Å²) in [5.41, 5.74) is 5.74. The second kappa shape index (κ2) is 8.54. The molecule has 6 heteroatoms.